The van der Waals surface area contributed by atoms with Crippen molar-refractivity contribution in [1.29, 1.82) is 0 Å². The molecule has 1 saturated heterocycles. The average Bonchev–Trinajstić information content (AvgIpc) is 2.61. The SMILES string of the molecule is CN1CCCC(CO)(NCc2ccccc2)CC1. The highest BCUT2D eigenvalue weighted by Crippen LogP contribution is 2.22. The summed E-state index contributed by atoms with van der Waals surface area (Å²) >= 11 is 0. The van der Waals surface area contributed by atoms with E-state index in [0.717, 1.165) is 38.9 Å². The topological polar surface area (TPSA) is 35.5 Å². The van der Waals surface area contributed by atoms with Gasteiger partial charge in [0.2, 0.25) is 0 Å². The van der Waals surface area contributed by atoms with Crippen molar-refractivity contribution in [2.45, 2.75) is 31.3 Å². The number of hydrogen-bond acceptors (Lipinski definition) is 3. The second-order valence-electron chi connectivity index (χ2n) is 5.43. The molecule has 100 valence electrons. The fourth-order valence-electron chi connectivity index (χ4n) is 2.61. The second-order valence-corrected chi connectivity index (χ2v) is 5.43. The fourth-order valence-corrected chi connectivity index (χ4v) is 2.61. The van der Waals surface area contributed by atoms with Gasteiger partial charge in [-0.15, -0.1) is 0 Å². The van der Waals surface area contributed by atoms with Gasteiger partial charge in [-0.1, -0.05) is 30.3 Å². The van der Waals surface area contributed by atoms with Gasteiger partial charge in [0, 0.05) is 12.1 Å². The molecule has 0 spiro atoms. The molecule has 1 fully saturated rings. The Balaban J connectivity index is 1.95. The maximum absolute atomic E-state index is 9.75. The predicted molar refractivity (Wildman–Crippen MR) is 74.4 cm³/mol. The molecule has 0 radical (unpaired) electrons. The van der Waals surface area contributed by atoms with Crippen LogP contribution in [0.25, 0.3) is 0 Å². The lowest BCUT2D eigenvalue weighted by Crippen LogP contribution is -2.48. The van der Waals surface area contributed by atoms with Crippen molar-refractivity contribution in [2.75, 3.05) is 26.7 Å². The van der Waals surface area contributed by atoms with Crippen molar-refractivity contribution < 1.29 is 5.11 Å². The Bertz CT molecular complexity index is 355. The van der Waals surface area contributed by atoms with Crippen molar-refractivity contribution in [3.05, 3.63) is 35.9 Å². The summed E-state index contributed by atoms with van der Waals surface area (Å²) in [5.41, 5.74) is 1.18. The van der Waals surface area contributed by atoms with Gasteiger partial charge in [0.25, 0.3) is 0 Å². The van der Waals surface area contributed by atoms with E-state index >= 15 is 0 Å². The van der Waals surface area contributed by atoms with Crippen molar-refractivity contribution in [3.8, 4) is 0 Å². The van der Waals surface area contributed by atoms with Crippen LogP contribution in [0.2, 0.25) is 0 Å². The second kappa shape index (κ2) is 6.32. The summed E-state index contributed by atoms with van der Waals surface area (Å²) in [7, 11) is 2.16. The van der Waals surface area contributed by atoms with E-state index < -0.39 is 0 Å². The van der Waals surface area contributed by atoms with Crippen LogP contribution in [0.3, 0.4) is 0 Å². The third-order valence-electron chi connectivity index (χ3n) is 3.98. The zero-order chi connectivity index (χ0) is 12.8. The lowest BCUT2D eigenvalue weighted by Gasteiger charge is -2.32. The van der Waals surface area contributed by atoms with Crippen LogP contribution in [0.1, 0.15) is 24.8 Å². The molecule has 1 atom stereocenters. The zero-order valence-electron chi connectivity index (χ0n) is 11.2. The van der Waals surface area contributed by atoms with E-state index in [1.165, 1.54) is 5.56 Å². The van der Waals surface area contributed by atoms with Crippen molar-refractivity contribution in [1.82, 2.24) is 10.2 Å². The fraction of sp³-hybridized carbons (Fsp3) is 0.600. The summed E-state index contributed by atoms with van der Waals surface area (Å²) in [6.45, 7) is 3.26. The molecule has 0 saturated carbocycles. The Labute approximate surface area is 110 Å². The average molecular weight is 248 g/mol. The summed E-state index contributed by atoms with van der Waals surface area (Å²) in [5, 5.41) is 13.3. The number of likely N-dealkylation sites (tertiary alicyclic amines) is 1. The summed E-state index contributed by atoms with van der Waals surface area (Å²) in [6.07, 6.45) is 3.23. The van der Waals surface area contributed by atoms with Gasteiger partial charge in [-0.05, 0) is 45.0 Å². The number of benzene rings is 1. The summed E-state index contributed by atoms with van der Waals surface area (Å²) in [4.78, 5) is 2.35. The first-order valence-corrected chi connectivity index (χ1v) is 6.82. The monoisotopic (exact) mass is 248 g/mol. The summed E-state index contributed by atoms with van der Waals surface area (Å²) in [5.74, 6) is 0. The van der Waals surface area contributed by atoms with Crippen LogP contribution in [0.5, 0.6) is 0 Å². The third kappa shape index (κ3) is 3.55. The Morgan fingerprint density at radius 1 is 1.22 bits per heavy atom. The molecule has 3 heteroatoms. The molecule has 2 rings (SSSR count). The molecule has 3 nitrogen and oxygen atoms in total. The molecule has 1 aliphatic heterocycles. The number of nitrogens with zero attached hydrogens (tertiary/aromatic N) is 1. The van der Waals surface area contributed by atoms with Crippen molar-refractivity contribution >= 4 is 0 Å². The molecular formula is C15H24N2O. The van der Waals surface area contributed by atoms with Crippen molar-refractivity contribution in [3.63, 3.8) is 0 Å². The number of aliphatic hydroxyl groups is 1. The van der Waals surface area contributed by atoms with E-state index in [1.54, 1.807) is 0 Å². The molecular weight excluding hydrogens is 224 g/mol. The van der Waals surface area contributed by atoms with Crippen LogP contribution in [-0.4, -0.2) is 42.3 Å². The summed E-state index contributed by atoms with van der Waals surface area (Å²) in [6, 6.07) is 10.4. The molecule has 18 heavy (non-hydrogen) atoms. The Hall–Kier alpha value is -0.900. The van der Waals surface area contributed by atoms with E-state index in [2.05, 4.69) is 41.5 Å². The van der Waals surface area contributed by atoms with Crippen LogP contribution in [0.4, 0.5) is 0 Å². The quantitative estimate of drug-likeness (QED) is 0.850. The van der Waals surface area contributed by atoms with E-state index in [9.17, 15) is 5.11 Å². The normalized spacial score (nSPS) is 25.9. The maximum Gasteiger partial charge on any atom is 0.0613 e. The molecule has 1 aliphatic rings. The third-order valence-corrected chi connectivity index (χ3v) is 3.98. The highest BCUT2D eigenvalue weighted by atomic mass is 16.3. The molecule has 2 N–H and O–H groups in total. The molecule has 0 bridgehead atoms. The minimum absolute atomic E-state index is 0.0966. The van der Waals surface area contributed by atoms with Gasteiger partial charge in [-0.25, -0.2) is 0 Å². The first-order valence-electron chi connectivity index (χ1n) is 6.82. The largest absolute Gasteiger partial charge is 0.394 e. The highest BCUT2D eigenvalue weighted by molar-refractivity contribution is 5.14. The number of rotatable bonds is 4. The lowest BCUT2D eigenvalue weighted by molar-refractivity contribution is 0.142. The van der Waals surface area contributed by atoms with Gasteiger partial charge in [0.1, 0.15) is 0 Å². The number of hydrogen-bond donors (Lipinski definition) is 2. The molecule has 1 heterocycles. The van der Waals surface area contributed by atoms with Gasteiger partial charge in [-0.3, -0.25) is 0 Å². The maximum atomic E-state index is 9.75. The summed E-state index contributed by atoms with van der Waals surface area (Å²) < 4.78 is 0. The van der Waals surface area contributed by atoms with Gasteiger partial charge in [0.15, 0.2) is 0 Å². The molecule has 0 aliphatic carbocycles. The Morgan fingerprint density at radius 2 is 2.00 bits per heavy atom. The lowest BCUT2D eigenvalue weighted by atomic mass is 9.91. The van der Waals surface area contributed by atoms with Crippen LogP contribution >= 0.6 is 0 Å². The van der Waals surface area contributed by atoms with Gasteiger partial charge in [-0.2, -0.15) is 0 Å². The van der Waals surface area contributed by atoms with E-state index in [4.69, 9.17) is 0 Å². The van der Waals surface area contributed by atoms with Crippen LogP contribution in [0, 0.1) is 0 Å². The number of nitrogens with one attached hydrogen (secondary N) is 1. The molecule has 1 aromatic carbocycles. The molecule has 0 amide bonds. The number of aliphatic hydroxyl groups excluding tert-OH is 1. The molecule has 0 aromatic heterocycles. The minimum Gasteiger partial charge on any atom is -0.394 e. The van der Waals surface area contributed by atoms with Crippen molar-refractivity contribution in [2.24, 2.45) is 0 Å². The van der Waals surface area contributed by atoms with Gasteiger partial charge < -0.3 is 15.3 Å². The highest BCUT2D eigenvalue weighted by Gasteiger charge is 2.30. The Morgan fingerprint density at radius 3 is 2.72 bits per heavy atom. The van der Waals surface area contributed by atoms with Crippen LogP contribution in [-0.2, 0) is 6.54 Å². The zero-order valence-corrected chi connectivity index (χ0v) is 11.2. The van der Waals surface area contributed by atoms with E-state index in [0.29, 0.717) is 0 Å². The standard InChI is InChI=1S/C15H24N2O/c1-17-10-5-8-15(13-18,9-11-17)16-12-14-6-3-2-4-7-14/h2-4,6-7,16,18H,5,8-13H2,1H3. The van der Waals surface area contributed by atoms with Crippen LogP contribution < -0.4 is 5.32 Å². The smallest absolute Gasteiger partial charge is 0.0613 e. The van der Waals surface area contributed by atoms with Gasteiger partial charge in [0.05, 0.1) is 6.61 Å². The first kappa shape index (κ1) is 13.5. The molecule has 1 unspecified atom stereocenters. The molecule has 1 aromatic rings. The predicted octanol–water partition coefficient (Wildman–Crippen LogP) is 1.62. The first-order chi connectivity index (χ1) is 8.74. The Kier molecular flexibility index (Phi) is 4.75. The van der Waals surface area contributed by atoms with Crippen LogP contribution in [0.15, 0.2) is 30.3 Å². The minimum atomic E-state index is -0.0966. The van der Waals surface area contributed by atoms with Gasteiger partial charge >= 0.3 is 0 Å². The van der Waals surface area contributed by atoms with E-state index in [-0.39, 0.29) is 12.1 Å². The van der Waals surface area contributed by atoms with E-state index in [1.807, 2.05) is 6.07 Å².